The molecule has 0 radical (unpaired) electrons. The Bertz CT molecular complexity index is 1420. The number of piperazine rings is 1. The summed E-state index contributed by atoms with van der Waals surface area (Å²) in [7, 11) is -1.99. The summed E-state index contributed by atoms with van der Waals surface area (Å²) in [5.74, 6) is -0.595. The van der Waals surface area contributed by atoms with Crippen molar-refractivity contribution in [3.8, 4) is 11.3 Å². The molecule has 228 valence electrons. The molecule has 1 fully saturated rings. The van der Waals surface area contributed by atoms with Gasteiger partial charge in [0.05, 0.1) is 16.3 Å². The van der Waals surface area contributed by atoms with Crippen LogP contribution in [0.15, 0.2) is 58.8 Å². The quantitative estimate of drug-likeness (QED) is 0.219. The number of anilines is 2. The van der Waals surface area contributed by atoms with Crippen molar-refractivity contribution in [3.05, 3.63) is 59.5 Å². The van der Waals surface area contributed by atoms with Crippen LogP contribution in [0.4, 0.5) is 10.8 Å². The van der Waals surface area contributed by atoms with Gasteiger partial charge in [0.25, 0.3) is 10.0 Å². The van der Waals surface area contributed by atoms with Crippen LogP contribution < -0.4 is 9.21 Å². The van der Waals surface area contributed by atoms with Crippen molar-refractivity contribution in [1.29, 1.82) is 0 Å². The van der Waals surface area contributed by atoms with Gasteiger partial charge < -0.3 is 14.9 Å². The second kappa shape index (κ2) is 14.6. The fraction of sp³-hybridized carbons (Fsp3) is 0.484. The van der Waals surface area contributed by atoms with Crippen LogP contribution in [0.25, 0.3) is 11.3 Å². The van der Waals surface area contributed by atoms with E-state index in [4.69, 9.17) is 4.98 Å². The molecule has 1 N–H and O–H groups in total. The van der Waals surface area contributed by atoms with Crippen molar-refractivity contribution in [2.45, 2.75) is 57.6 Å². The SMILES string of the molecule is CCCCCc1ccc(S(=O)(=O)N(C(C)=O)c2cccc(-c3csc(N(CCN4CCN(C)CC4)C(C)O)n3)c2)cc1. The van der Waals surface area contributed by atoms with Crippen molar-refractivity contribution < 1.29 is 18.3 Å². The average Bonchev–Trinajstić information content (AvgIpc) is 3.44. The molecule has 4 rings (SSSR count). The van der Waals surface area contributed by atoms with Crippen LogP contribution in [-0.4, -0.2) is 86.8 Å². The fourth-order valence-corrected chi connectivity index (χ4v) is 7.44. The van der Waals surface area contributed by atoms with Crippen molar-refractivity contribution in [2.24, 2.45) is 0 Å². The average molecular weight is 614 g/mol. The molecule has 42 heavy (non-hydrogen) atoms. The monoisotopic (exact) mass is 613 g/mol. The van der Waals surface area contributed by atoms with E-state index in [1.807, 2.05) is 28.5 Å². The summed E-state index contributed by atoms with van der Waals surface area (Å²) in [4.78, 5) is 24.2. The molecule has 1 aliphatic heterocycles. The maximum Gasteiger partial charge on any atom is 0.270 e. The molecule has 11 heteroatoms. The predicted octanol–water partition coefficient (Wildman–Crippen LogP) is 4.68. The molecule has 1 saturated heterocycles. The van der Waals surface area contributed by atoms with Crippen LogP contribution in [0.5, 0.6) is 0 Å². The zero-order chi connectivity index (χ0) is 30.3. The summed E-state index contributed by atoms with van der Waals surface area (Å²) in [6, 6.07) is 13.7. The van der Waals surface area contributed by atoms with Crippen molar-refractivity contribution in [1.82, 2.24) is 14.8 Å². The number of aliphatic hydroxyl groups excluding tert-OH is 1. The molecule has 9 nitrogen and oxygen atoms in total. The number of thiazole rings is 1. The van der Waals surface area contributed by atoms with Gasteiger partial charge in [0.1, 0.15) is 6.23 Å². The number of rotatable bonds is 13. The van der Waals surface area contributed by atoms with Gasteiger partial charge in [0.15, 0.2) is 5.13 Å². The maximum absolute atomic E-state index is 13.6. The molecule has 2 aromatic carbocycles. The first-order valence-corrected chi connectivity index (χ1v) is 17.0. The largest absolute Gasteiger partial charge is 0.374 e. The van der Waals surface area contributed by atoms with Gasteiger partial charge in [-0.2, -0.15) is 0 Å². The number of amides is 1. The number of unbranched alkanes of at least 4 members (excludes halogenated alkanes) is 2. The smallest absolute Gasteiger partial charge is 0.270 e. The highest BCUT2D eigenvalue weighted by atomic mass is 32.2. The van der Waals surface area contributed by atoms with Crippen LogP contribution >= 0.6 is 11.3 Å². The number of aromatic nitrogens is 1. The van der Waals surface area contributed by atoms with E-state index in [1.54, 1.807) is 37.3 Å². The van der Waals surface area contributed by atoms with E-state index in [0.29, 0.717) is 22.9 Å². The number of hydrogen-bond acceptors (Lipinski definition) is 9. The summed E-state index contributed by atoms with van der Waals surface area (Å²) >= 11 is 1.43. The highest BCUT2D eigenvalue weighted by Gasteiger charge is 2.29. The lowest BCUT2D eigenvalue weighted by molar-refractivity contribution is -0.115. The van der Waals surface area contributed by atoms with Gasteiger partial charge in [-0.25, -0.2) is 17.7 Å². The highest BCUT2D eigenvalue weighted by Crippen LogP contribution is 2.32. The van der Waals surface area contributed by atoms with Crippen LogP contribution in [0.2, 0.25) is 0 Å². The number of likely N-dealkylation sites (N-methyl/N-ethyl adjacent to an activating group) is 1. The Morgan fingerprint density at radius 2 is 1.81 bits per heavy atom. The van der Waals surface area contributed by atoms with Crippen molar-refractivity contribution in [2.75, 3.05) is 55.5 Å². The lowest BCUT2D eigenvalue weighted by atomic mass is 10.1. The minimum atomic E-state index is -4.12. The lowest BCUT2D eigenvalue weighted by Gasteiger charge is -2.34. The number of aliphatic hydroxyl groups is 1. The van der Waals surface area contributed by atoms with Gasteiger partial charge in [-0.05, 0) is 56.6 Å². The standard InChI is InChI=1S/C31H43N5O4S2/c1-5-6-7-9-26-12-14-29(15-13-26)42(39,40)36(25(3)38)28-11-8-10-27(22-28)30-23-41-31(32-30)35(24(2)37)21-20-34-18-16-33(4)17-19-34/h8,10-15,22-24,37H,5-7,9,16-21H2,1-4H3. The number of benzene rings is 2. The van der Waals surface area contributed by atoms with Gasteiger partial charge in [-0.15, -0.1) is 11.3 Å². The highest BCUT2D eigenvalue weighted by molar-refractivity contribution is 7.93. The minimum Gasteiger partial charge on any atom is -0.374 e. The molecule has 1 aromatic heterocycles. The maximum atomic E-state index is 13.6. The summed E-state index contributed by atoms with van der Waals surface area (Å²) in [6.45, 7) is 10.7. The van der Waals surface area contributed by atoms with E-state index in [9.17, 15) is 18.3 Å². The van der Waals surface area contributed by atoms with E-state index < -0.39 is 22.2 Å². The number of carbonyl (C=O) groups is 1. The third-order valence-electron chi connectivity index (χ3n) is 7.63. The van der Waals surface area contributed by atoms with Crippen LogP contribution in [0.3, 0.4) is 0 Å². The second-order valence-electron chi connectivity index (χ2n) is 10.9. The number of sulfonamides is 1. The summed E-state index contributed by atoms with van der Waals surface area (Å²) in [5, 5.41) is 13.1. The van der Waals surface area contributed by atoms with E-state index in [0.717, 1.165) is 68.3 Å². The third-order valence-corrected chi connectivity index (χ3v) is 10.3. The Morgan fingerprint density at radius 1 is 1.10 bits per heavy atom. The molecule has 2 heterocycles. The van der Waals surface area contributed by atoms with Gasteiger partial charge in [0, 0.05) is 57.1 Å². The van der Waals surface area contributed by atoms with Crippen LogP contribution in [-0.2, 0) is 21.2 Å². The minimum absolute atomic E-state index is 0.0752. The summed E-state index contributed by atoms with van der Waals surface area (Å²) in [5.41, 5.74) is 2.67. The van der Waals surface area contributed by atoms with Gasteiger partial charge in [-0.1, -0.05) is 44.0 Å². The molecule has 1 amide bonds. The van der Waals surface area contributed by atoms with Crippen LogP contribution in [0, 0.1) is 0 Å². The molecule has 0 saturated carbocycles. The normalized spacial score (nSPS) is 15.5. The number of nitrogens with zero attached hydrogens (tertiary/aromatic N) is 5. The molecular weight excluding hydrogens is 571 g/mol. The number of hydrogen-bond donors (Lipinski definition) is 1. The van der Waals surface area contributed by atoms with E-state index in [-0.39, 0.29) is 10.6 Å². The first-order valence-electron chi connectivity index (χ1n) is 14.7. The zero-order valence-electron chi connectivity index (χ0n) is 25.1. The first-order chi connectivity index (χ1) is 20.1. The number of carbonyl (C=O) groups excluding carboxylic acids is 1. The van der Waals surface area contributed by atoms with E-state index >= 15 is 0 Å². The van der Waals surface area contributed by atoms with E-state index in [2.05, 4.69) is 23.8 Å². The second-order valence-corrected chi connectivity index (χ2v) is 13.5. The molecule has 0 aliphatic carbocycles. The zero-order valence-corrected chi connectivity index (χ0v) is 26.7. The molecule has 3 aromatic rings. The summed E-state index contributed by atoms with van der Waals surface area (Å²) < 4.78 is 28.1. The topological polar surface area (TPSA) is 97.3 Å². The number of aryl methyl sites for hydroxylation is 1. The molecular formula is C31H43N5O4S2. The Morgan fingerprint density at radius 3 is 2.45 bits per heavy atom. The Labute approximate surface area is 254 Å². The Balaban J connectivity index is 1.53. The molecule has 1 unspecified atom stereocenters. The third kappa shape index (κ3) is 7.96. The summed E-state index contributed by atoms with van der Waals surface area (Å²) in [6.07, 6.45) is 3.49. The molecule has 1 aliphatic rings. The predicted molar refractivity (Wildman–Crippen MR) is 171 cm³/mol. The van der Waals surface area contributed by atoms with Gasteiger partial charge in [-0.3, -0.25) is 9.69 Å². The Kier molecular flexibility index (Phi) is 11.1. The van der Waals surface area contributed by atoms with Crippen molar-refractivity contribution in [3.63, 3.8) is 0 Å². The van der Waals surface area contributed by atoms with Gasteiger partial charge >= 0.3 is 0 Å². The lowest BCUT2D eigenvalue weighted by Crippen LogP contribution is -2.48. The van der Waals surface area contributed by atoms with E-state index in [1.165, 1.54) is 18.3 Å². The van der Waals surface area contributed by atoms with Crippen molar-refractivity contribution >= 4 is 38.1 Å². The molecule has 0 bridgehead atoms. The molecule has 1 atom stereocenters. The Hall–Kier alpha value is -2.83. The van der Waals surface area contributed by atoms with Crippen LogP contribution in [0.1, 0.15) is 45.6 Å². The van der Waals surface area contributed by atoms with Gasteiger partial charge in [0.2, 0.25) is 5.91 Å². The molecule has 0 spiro atoms. The fourth-order valence-electron chi connectivity index (χ4n) is 5.09. The first kappa shape index (κ1) is 32.1.